The number of aliphatic imine (C=N–C) groups is 1. The molecule has 1 rings (SSSR count). The first-order valence-electron chi connectivity index (χ1n) is 8.09. The summed E-state index contributed by atoms with van der Waals surface area (Å²) < 4.78 is 10.7. The largest absolute Gasteiger partial charge is 0.508 e. The summed E-state index contributed by atoms with van der Waals surface area (Å²) in [6.45, 7) is 4.99. The molecule has 6 heteroatoms. The van der Waals surface area contributed by atoms with Crippen LogP contribution in [0, 0.1) is 0 Å². The normalized spacial score (nSPS) is 11.3. The monoisotopic (exact) mass is 323 g/mol. The van der Waals surface area contributed by atoms with Crippen molar-refractivity contribution < 1.29 is 14.6 Å². The number of hydrogen-bond acceptors (Lipinski definition) is 4. The lowest BCUT2D eigenvalue weighted by Crippen LogP contribution is -2.37. The number of phenols is 1. The smallest absolute Gasteiger partial charge is 0.191 e. The van der Waals surface area contributed by atoms with E-state index in [2.05, 4.69) is 22.5 Å². The fourth-order valence-electron chi connectivity index (χ4n) is 1.96. The molecule has 0 saturated heterocycles. The quantitative estimate of drug-likeness (QED) is 0.350. The molecule has 0 heterocycles. The summed E-state index contributed by atoms with van der Waals surface area (Å²) >= 11 is 0. The average Bonchev–Trinajstić information content (AvgIpc) is 2.58. The number of aromatic hydroxyl groups is 1. The molecule has 130 valence electrons. The summed E-state index contributed by atoms with van der Waals surface area (Å²) in [5, 5.41) is 16.3. The Balaban J connectivity index is 2.29. The van der Waals surface area contributed by atoms with Gasteiger partial charge in [0.1, 0.15) is 11.5 Å². The van der Waals surface area contributed by atoms with Gasteiger partial charge in [-0.3, -0.25) is 4.99 Å². The van der Waals surface area contributed by atoms with Crippen LogP contribution in [-0.4, -0.2) is 45.0 Å². The van der Waals surface area contributed by atoms with Gasteiger partial charge in [0.15, 0.2) is 5.96 Å². The Hall–Kier alpha value is -1.95. The Labute approximate surface area is 138 Å². The molecule has 0 radical (unpaired) electrons. The highest BCUT2D eigenvalue weighted by Crippen LogP contribution is 2.22. The predicted octanol–water partition coefficient (Wildman–Crippen LogP) is 2.27. The summed E-state index contributed by atoms with van der Waals surface area (Å²) in [6.07, 6.45) is 3.20. The van der Waals surface area contributed by atoms with Crippen LogP contribution < -0.4 is 15.4 Å². The van der Waals surface area contributed by atoms with Crippen LogP contribution in [0.4, 0.5) is 0 Å². The van der Waals surface area contributed by atoms with E-state index in [9.17, 15) is 5.11 Å². The van der Waals surface area contributed by atoms with E-state index in [1.807, 2.05) is 0 Å². The number of ether oxygens (including phenoxy) is 2. The zero-order valence-corrected chi connectivity index (χ0v) is 14.4. The Morgan fingerprint density at radius 1 is 1.22 bits per heavy atom. The molecule has 23 heavy (non-hydrogen) atoms. The zero-order valence-electron chi connectivity index (χ0n) is 14.4. The van der Waals surface area contributed by atoms with E-state index in [0.717, 1.165) is 44.6 Å². The fourth-order valence-corrected chi connectivity index (χ4v) is 1.96. The summed E-state index contributed by atoms with van der Waals surface area (Å²) in [5.41, 5.74) is 0.759. The third-order valence-electron chi connectivity index (χ3n) is 3.36. The molecule has 0 amide bonds. The minimum atomic E-state index is 0.234. The second kappa shape index (κ2) is 11.6. The van der Waals surface area contributed by atoms with Crippen molar-refractivity contribution in [3.63, 3.8) is 0 Å². The molecule has 1 aromatic rings. The molecule has 0 aromatic heterocycles. The van der Waals surface area contributed by atoms with Crippen LogP contribution in [0.3, 0.4) is 0 Å². The van der Waals surface area contributed by atoms with Crippen molar-refractivity contribution in [2.45, 2.75) is 32.7 Å². The topological polar surface area (TPSA) is 75.1 Å². The third-order valence-corrected chi connectivity index (χ3v) is 3.36. The maximum atomic E-state index is 9.86. The molecule has 0 aliphatic heterocycles. The van der Waals surface area contributed by atoms with Crippen molar-refractivity contribution >= 4 is 5.96 Å². The molecular formula is C17H29N3O3. The Bertz CT molecular complexity index is 478. The number of rotatable bonds is 10. The number of phenolic OH excluding ortho intramolecular Hbond substituents is 1. The van der Waals surface area contributed by atoms with E-state index in [1.165, 1.54) is 0 Å². The van der Waals surface area contributed by atoms with Crippen molar-refractivity contribution in [1.29, 1.82) is 0 Å². The number of nitrogens with zero attached hydrogens (tertiary/aromatic N) is 1. The number of hydrogen-bond donors (Lipinski definition) is 3. The van der Waals surface area contributed by atoms with Gasteiger partial charge in [0, 0.05) is 38.9 Å². The molecule has 0 saturated carbocycles. The highest BCUT2D eigenvalue weighted by atomic mass is 16.5. The first kappa shape index (κ1) is 19.1. The summed E-state index contributed by atoms with van der Waals surface area (Å²) in [6, 6.07) is 5.15. The number of nitrogens with one attached hydrogen (secondary N) is 2. The van der Waals surface area contributed by atoms with Crippen LogP contribution in [0.15, 0.2) is 23.2 Å². The van der Waals surface area contributed by atoms with Gasteiger partial charge in [-0.05, 0) is 31.0 Å². The minimum absolute atomic E-state index is 0.234. The number of unbranched alkanes of at least 4 members (excludes halogenated alkanes) is 1. The summed E-state index contributed by atoms with van der Waals surface area (Å²) in [5.74, 6) is 1.64. The van der Waals surface area contributed by atoms with Crippen molar-refractivity contribution in [3.8, 4) is 11.5 Å². The molecule has 0 atom stereocenters. The van der Waals surface area contributed by atoms with Crippen LogP contribution in [-0.2, 0) is 11.3 Å². The standard InChI is InChI=1S/C17H29N3O3/c1-4-5-10-23-11-6-9-19-17(18-2)20-13-14-12-15(22-3)7-8-16(14)21/h7-8,12,21H,4-6,9-11,13H2,1-3H3,(H2,18,19,20). The third kappa shape index (κ3) is 7.74. The van der Waals surface area contributed by atoms with Gasteiger partial charge in [-0.1, -0.05) is 13.3 Å². The first-order valence-corrected chi connectivity index (χ1v) is 8.09. The molecule has 0 fully saturated rings. The maximum absolute atomic E-state index is 9.86. The van der Waals surface area contributed by atoms with Crippen LogP contribution in [0.25, 0.3) is 0 Å². The lowest BCUT2D eigenvalue weighted by atomic mass is 10.2. The predicted molar refractivity (Wildman–Crippen MR) is 93.2 cm³/mol. The second-order valence-electron chi connectivity index (χ2n) is 5.17. The lowest BCUT2D eigenvalue weighted by Gasteiger charge is -2.13. The number of methoxy groups -OCH3 is 1. The van der Waals surface area contributed by atoms with Gasteiger partial charge in [-0.15, -0.1) is 0 Å². The van der Waals surface area contributed by atoms with E-state index in [-0.39, 0.29) is 5.75 Å². The van der Waals surface area contributed by atoms with Crippen molar-refractivity contribution in [2.75, 3.05) is 33.9 Å². The molecule has 6 nitrogen and oxygen atoms in total. The van der Waals surface area contributed by atoms with Crippen molar-refractivity contribution in [1.82, 2.24) is 10.6 Å². The molecule has 0 unspecified atom stereocenters. The molecule has 0 aliphatic carbocycles. The molecule has 0 bridgehead atoms. The van der Waals surface area contributed by atoms with E-state index in [0.29, 0.717) is 18.3 Å². The van der Waals surface area contributed by atoms with Gasteiger partial charge in [-0.2, -0.15) is 0 Å². The Kier molecular flexibility index (Phi) is 9.63. The van der Waals surface area contributed by atoms with Crippen LogP contribution in [0.1, 0.15) is 31.7 Å². The summed E-state index contributed by atoms with van der Waals surface area (Å²) in [4.78, 5) is 4.16. The molecule has 3 N–H and O–H groups in total. The van der Waals surface area contributed by atoms with Gasteiger partial charge < -0.3 is 25.2 Å². The SMILES string of the molecule is CCCCOCCCNC(=NC)NCc1cc(OC)ccc1O. The maximum Gasteiger partial charge on any atom is 0.191 e. The fraction of sp³-hybridized carbons (Fsp3) is 0.588. The van der Waals surface area contributed by atoms with E-state index in [1.54, 1.807) is 32.4 Å². The minimum Gasteiger partial charge on any atom is -0.508 e. The van der Waals surface area contributed by atoms with Crippen molar-refractivity contribution in [2.24, 2.45) is 4.99 Å². The van der Waals surface area contributed by atoms with Gasteiger partial charge in [0.05, 0.1) is 7.11 Å². The van der Waals surface area contributed by atoms with E-state index in [4.69, 9.17) is 9.47 Å². The Morgan fingerprint density at radius 3 is 2.70 bits per heavy atom. The molecule has 1 aromatic carbocycles. The first-order chi connectivity index (χ1) is 11.2. The Morgan fingerprint density at radius 2 is 2.00 bits per heavy atom. The second-order valence-corrected chi connectivity index (χ2v) is 5.17. The molecular weight excluding hydrogens is 294 g/mol. The van der Waals surface area contributed by atoms with Crippen LogP contribution in [0.2, 0.25) is 0 Å². The van der Waals surface area contributed by atoms with Crippen LogP contribution >= 0.6 is 0 Å². The van der Waals surface area contributed by atoms with Crippen molar-refractivity contribution in [3.05, 3.63) is 23.8 Å². The van der Waals surface area contributed by atoms with Gasteiger partial charge in [0.25, 0.3) is 0 Å². The molecule has 0 aliphatic rings. The van der Waals surface area contributed by atoms with E-state index >= 15 is 0 Å². The number of guanidine groups is 1. The molecule has 0 spiro atoms. The highest BCUT2D eigenvalue weighted by molar-refractivity contribution is 5.79. The summed E-state index contributed by atoms with van der Waals surface area (Å²) in [7, 11) is 3.32. The highest BCUT2D eigenvalue weighted by Gasteiger charge is 2.04. The van der Waals surface area contributed by atoms with Crippen LogP contribution in [0.5, 0.6) is 11.5 Å². The van der Waals surface area contributed by atoms with E-state index < -0.39 is 0 Å². The van der Waals surface area contributed by atoms with Gasteiger partial charge >= 0.3 is 0 Å². The average molecular weight is 323 g/mol. The lowest BCUT2D eigenvalue weighted by molar-refractivity contribution is 0.129. The zero-order chi connectivity index (χ0) is 16.9. The number of benzene rings is 1. The van der Waals surface area contributed by atoms with Gasteiger partial charge in [-0.25, -0.2) is 0 Å². The van der Waals surface area contributed by atoms with Gasteiger partial charge in [0.2, 0.25) is 0 Å².